The van der Waals surface area contributed by atoms with Crippen LogP contribution in [-0.2, 0) is 0 Å². The molecule has 2 heteroatoms. The lowest BCUT2D eigenvalue weighted by molar-refractivity contribution is 0.112. The molecule has 0 saturated heterocycles. The molecule has 0 spiro atoms. The molecule has 0 unspecified atom stereocenters. The Morgan fingerprint density at radius 3 is 2.79 bits per heavy atom. The molecule has 0 saturated carbocycles. The number of aldehydes is 1. The van der Waals surface area contributed by atoms with E-state index in [2.05, 4.69) is 12.2 Å². The van der Waals surface area contributed by atoms with Gasteiger partial charge in [-0.25, -0.2) is 0 Å². The highest BCUT2D eigenvalue weighted by Gasteiger charge is 2.03. The topological polar surface area (TPSA) is 43.1 Å². The standard InChI is InChI=1S/C12H11NO/c13-12-6-9(8-14)5-11(7-12)10-3-1-2-4-10/h1,3-8H,2,13H2. The Balaban J connectivity index is 2.47. The molecule has 1 aromatic carbocycles. The Bertz CT molecular complexity index is 430. The van der Waals surface area contributed by atoms with Gasteiger partial charge in [-0.3, -0.25) is 4.79 Å². The van der Waals surface area contributed by atoms with Gasteiger partial charge < -0.3 is 5.73 Å². The van der Waals surface area contributed by atoms with Gasteiger partial charge in [0.2, 0.25) is 0 Å². The van der Waals surface area contributed by atoms with Gasteiger partial charge in [-0.1, -0.05) is 18.2 Å². The minimum absolute atomic E-state index is 0.626. The summed E-state index contributed by atoms with van der Waals surface area (Å²) < 4.78 is 0. The fourth-order valence-electron chi connectivity index (χ4n) is 1.58. The van der Waals surface area contributed by atoms with Crippen LogP contribution in [-0.4, -0.2) is 6.29 Å². The van der Waals surface area contributed by atoms with Gasteiger partial charge in [-0.05, 0) is 35.8 Å². The third kappa shape index (κ3) is 1.59. The van der Waals surface area contributed by atoms with Crippen molar-refractivity contribution in [2.75, 3.05) is 5.73 Å². The molecule has 0 atom stereocenters. The predicted molar refractivity (Wildman–Crippen MR) is 58.0 cm³/mol. The second kappa shape index (κ2) is 3.50. The molecular formula is C12H11NO. The van der Waals surface area contributed by atoms with Crippen molar-refractivity contribution in [2.45, 2.75) is 6.42 Å². The summed E-state index contributed by atoms with van der Waals surface area (Å²) in [7, 11) is 0. The van der Waals surface area contributed by atoms with E-state index in [-0.39, 0.29) is 0 Å². The second-order valence-electron chi connectivity index (χ2n) is 3.30. The van der Waals surface area contributed by atoms with Crippen LogP contribution in [0.5, 0.6) is 0 Å². The SMILES string of the molecule is Nc1cc(C=O)cc(C2=CCC=C2)c1. The molecule has 2 N–H and O–H groups in total. The zero-order valence-corrected chi connectivity index (χ0v) is 7.73. The number of hydrogen-bond donors (Lipinski definition) is 1. The molecule has 1 aliphatic carbocycles. The number of carbonyl (C=O) groups is 1. The van der Waals surface area contributed by atoms with Gasteiger partial charge >= 0.3 is 0 Å². The molecule has 1 aliphatic rings. The van der Waals surface area contributed by atoms with Crippen LogP contribution in [0.25, 0.3) is 5.57 Å². The van der Waals surface area contributed by atoms with Crippen LogP contribution in [0, 0.1) is 0 Å². The maximum absolute atomic E-state index is 10.6. The van der Waals surface area contributed by atoms with E-state index in [1.54, 1.807) is 6.07 Å². The molecule has 0 aromatic heterocycles. The summed E-state index contributed by atoms with van der Waals surface area (Å²) in [6.07, 6.45) is 8.02. The van der Waals surface area contributed by atoms with Crippen LogP contribution in [0.4, 0.5) is 5.69 Å². The Morgan fingerprint density at radius 2 is 2.14 bits per heavy atom. The Hall–Kier alpha value is -1.83. The minimum atomic E-state index is 0.626. The smallest absolute Gasteiger partial charge is 0.150 e. The van der Waals surface area contributed by atoms with E-state index >= 15 is 0 Å². The molecule has 0 bridgehead atoms. The van der Waals surface area contributed by atoms with Crippen molar-refractivity contribution in [3.63, 3.8) is 0 Å². The van der Waals surface area contributed by atoms with E-state index in [4.69, 9.17) is 5.73 Å². The Kier molecular flexibility index (Phi) is 2.19. The highest BCUT2D eigenvalue weighted by atomic mass is 16.1. The lowest BCUT2D eigenvalue weighted by atomic mass is 10.0. The maximum Gasteiger partial charge on any atom is 0.150 e. The van der Waals surface area contributed by atoms with Crippen molar-refractivity contribution in [1.29, 1.82) is 0 Å². The summed E-state index contributed by atoms with van der Waals surface area (Å²) in [6.45, 7) is 0. The molecule has 70 valence electrons. The molecule has 1 aromatic rings. The molecule has 0 radical (unpaired) electrons. The number of nitrogen functional groups attached to an aromatic ring is 1. The van der Waals surface area contributed by atoms with Crippen LogP contribution in [0.3, 0.4) is 0 Å². The first kappa shape index (κ1) is 8.75. The van der Waals surface area contributed by atoms with Crippen LogP contribution in [0.2, 0.25) is 0 Å². The average molecular weight is 185 g/mol. The summed E-state index contributed by atoms with van der Waals surface area (Å²) in [5.74, 6) is 0. The van der Waals surface area contributed by atoms with Crippen LogP contribution in [0.15, 0.2) is 36.4 Å². The summed E-state index contributed by atoms with van der Waals surface area (Å²) in [5.41, 5.74) is 9.10. The monoisotopic (exact) mass is 185 g/mol. The fraction of sp³-hybridized carbons (Fsp3) is 0.0833. The van der Waals surface area contributed by atoms with Gasteiger partial charge in [-0.2, -0.15) is 0 Å². The molecule has 2 rings (SSSR count). The number of rotatable bonds is 2. The van der Waals surface area contributed by atoms with Gasteiger partial charge in [0.25, 0.3) is 0 Å². The normalized spacial score (nSPS) is 14.1. The highest BCUT2D eigenvalue weighted by molar-refractivity contribution is 5.84. The zero-order valence-electron chi connectivity index (χ0n) is 7.73. The van der Waals surface area contributed by atoms with Crippen molar-refractivity contribution in [2.24, 2.45) is 0 Å². The molecule has 2 nitrogen and oxygen atoms in total. The van der Waals surface area contributed by atoms with Gasteiger partial charge in [-0.15, -0.1) is 0 Å². The average Bonchev–Trinajstić information content (AvgIpc) is 2.69. The number of allylic oxidation sites excluding steroid dienone is 4. The van der Waals surface area contributed by atoms with E-state index in [1.807, 2.05) is 18.2 Å². The first-order valence-electron chi connectivity index (χ1n) is 4.52. The Labute approximate surface area is 82.7 Å². The summed E-state index contributed by atoms with van der Waals surface area (Å²) in [4.78, 5) is 10.6. The molecule has 14 heavy (non-hydrogen) atoms. The van der Waals surface area contributed by atoms with Gasteiger partial charge in [0, 0.05) is 11.3 Å². The van der Waals surface area contributed by atoms with E-state index in [1.165, 1.54) is 0 Å². The van der Waals surface area contributed by atoms with Crippen LogP contribution < -0.4 is 5.73 Å². The van der Waals surface area contributed by atoms with Crippen LogP contribution in [0.1, 0.15) is 22.3 Å². The van der Waals surface area contributed by atoms with E-state index in [0.717, 1.165) is 23.8 Å². The van der Waals surface area contributed by atoms with Crippen molar-refractivity contribution in [1.82, 2.24) is 0 Å². The molecule has 0 aliphatic heterocycles. The summed E-state index contributed by atoms with van der Waals surface area (Å²) in [6, 6.07) is 5.41. The summed E-state index contributed by atoms with van der Waals surface area (Å²) >= 11 is 0. The van der Waals surface area contributed by atoms with Gasteiger partial charge in [0.1, 0.15) is 6.29 Å². The second-order valence-corrected chi connectivity index (χ2v) is 3.30. The summed E-state index contributed by atoms with van der Waals surface area (Å²) in [5, 5.41) is 0. The number of carbonyl (C=O) groups excluding carboxylic acids is 1. The molecule has 0 fully saturated rings. The maximum atomic E-state index is 10.6. The first-order valence-corrected chi connectivity index (χ1v) is 4.52. The van der Waals surface area contributed by atoms with Crippen LogP contribution >= 0.6 is 0 Å². The molecule has 0 amide bonds. The predicted octanol–water partition coefficient (Wildman–Crippen LogP) is 2.42. The fourth-order valence-corrected chi connectivity index (χ4v) is 1.58. The van der Waals surface area contributed by atoms with Gasteiger partial charge in [0.05, 0.1) is 0 Å². The number of nitrogens with two attached hydrogens (primary N) is 1. The third-order valence-electron chi connectivity index (χ3n) is 2.22. The van der Waals surface area contributed by atoms with Crippen molar-refractivity contribution in [3.8, 4) is 0 Å². The Morgan fingerprint density at radius 1 is 1.29 bits per heavy atom. The van der Waals surface area contributed by atoms with Crippen molar-refractivity contribution < 1.29 is 4.79 Å². The van der Waals surface area contributed by atoms with Crippen molar-refractivity contribution >= 4 is 17.5 Å². The van der Waals surface area contributed by atoms with E-state index in [0.29, 0.717) is 11.3 Å². The lowest BCUT2D eigenvalue weighted by Crippen LogP contribution is -1.91. The first-order chi connectivity index (χ1) is 6.79. The zero-order chi connectivity index (χ0) is 9.97. The highest BCUT2D eigenvalue weighted by Crippen LogP contribution is 2.24. The molecule has 0 heterocycles. The number of hydrogen-bond acceptors (Lipinski definition) is 2. The largest absolute Gasteiger partial charge is 0.399 e. The van der Waals surface area contributed by atoms with E-state index in [9.17, 15) is 4.79 Å². The lowest BCUT2D eigenvalue weighted by Gasteiger charge is -2.03. The number of benzene rings is 1. The molecular weight excluding hydrogens is 174 g/mol. The third-order valence-corrected chi connectivity index (χ3v) is 2.22. The van der Waals surface area contributed by atoms with E-state index < -0.39 is 0 Å². The van der Waals surface area contributed by atoms with Crippen molar-refractivity contribution in [3.05, 3.63) is 47.6 Å². The number of anilines is 1. The van der Waals surface area contributed by atoms with Gasteiger partial charge in [0.15, 0.2) is 0 Å². The minimum Gasteiger partial charge on any atom is -0.399 e. The quantitative estimate of drug-likeness (QED) is 0.568.